The van der Waals surface area contributed by atoms with Crippen LogP contribution in [-0.2, 0) is 9.59 Å². The predicted octanol–water partition coefficient (Wildman–Crippen LogP) is 4.42. The number of ketones is 1. The largest absolute Gasteiger partial charge is 0.507 e. The molecule has 3 aromatic rings. The lowest BCUT2D eigenvalue weighted by atomic mass is 9.99. The van der Waals surface area contributed by atoms with Crippen molar-refractivity contribution < 1.29 is 24.0 Å². The second-order valence-electron chi connectivity index (χ2n) is 6.47. The third-order valence-electron chi connectivity index (χ3n) is 4.70. The van der Waals surface area contributed by atoms with Crippen LogP contribution in [0, 0.1) is 15.9 Å². The molecule has 30 heavy (non-hydrogen) atoms. The first-order valence-electron chi connectivity index (χ1n) is 8.73. The zero-order chi connectivity index (χ0) is 21.4. The van der Waals surface area contributed by atoms with Crippen LogP contribution in [0.25, 0.3) is 5.76 Å². The van der Waals surface area contributed by atoms with E-state index in [9.17, 15) is 29.2 Å². The van der Waals surface area contributed by atoms with Crippen molar-refractivity contribution in [1.82, 2.24) is 0 Å². The molecule has 2 heterocycles. The van der Waals surface area contributed by atoms with Crippen LogP contribution < -0.4 is 4.90 Å². The molecule has 4 rings (SSSR count). The summed E-state index contributed by atoms with van der Waals surface area (Å²) >= 11 is 1.28. The maximum Gasteiger partial charge on any atom is 0.300 e. The first-order chi connectivity index (χ1) is 14.4. The van der Waals surface area contributed by atoms with Gasteiger partial charge in [0.15, 0.2) is 0 Å². The van der Waals surface area contributed by atoms with Gasteiger partial charge in [0.05, 0.1) is 10.5 Å². The van der Waals surface area contributed by atoms with Gasteiger partial charge in [-0.05, 0) is 41.8 Å². The van der Waals surface area contributed by atoms with Crippen LogP contribution in [0.5, 0.6) is 0 Å². The van der Waals surface area contributed by atoms with Gasteiger partial charge in [-0.25, -0.2) is 4.39 Å². The van der Waals surface area contributed by atoms with Gasteiger partial charge in [-0.15, -0.1) is 11.3 Å². The minimum Gasteiger partial charge on any atom is -0.507 e. The number of hydrogen-bond donors (Lipinski definition) is 1. The van der Waals surface area contributed by atoms with Crippen LogP contribution in [0.3, 0.4) is 0 Å². The highest BCUT2D eigenvalue weighted by Gasteiger charge is 2.47. The Morgan fingerprint density at radius 3 is 2.43 bits per heavy atom. The van der Waals surface area contributed by atoms with E-state index in [1.807, 2.05) is 0 Å². The Hall–Kier alpha value is -3.85. The number of anilines is 1. The molecule has 0 radical (unpaired) electrons. The Labute approximate surface area is 173 Å². The fraction of sp³-hybridized carbons (Fsp3) is 0.0476. The molecule has 1 saturated heterocycles. The smallest absolute Gasteiger partial charge is 0.300 e. The van der Waals surface area contributed by atoms with Crippen LogP contribution >= 0.6 is 11.3 Å². The van der Waals surface area contributed by atoms with Crippen LogP contribution in [0.4, 0.5) is 15.8 Å². The van der Waals surface area contributed by atoms with Crippen molar-refractivity contribution in [3.05, 3.63) is 98.0 Å². The van der Waals surface area contributed by atoms with E-state index in [0.29, 0.717) is 4.88 Å². The molecule has 1 amide bonds. The van der Waals surface area contributed by atoms with Crippen LogP contribution in [0.15, 0.2) is 71.6 Å². The number of aliphatic hydroxyl groups is 1. The number of Topliss-reactive ketones (excluding diaryl/α,β-unsaturated/α-hetero) is 1. The number of aliphatic hydroxyl groups excluding tert-OH is 1. The summed E-state index contributed by atoms with van der Waals surface area (Å²) in [5, 5.41) is 23.5. The van der Waals surface area contributed by atoms with Gasteiger partial charge in [-0.3, -0.25) is 24.6 Å². The zero-order valence-corrected chi connectivity index (χ0v) is 16.0. The number of carbonyl (C=O) groups excluding carboxylic acids is 2. The number of halogens is 1. The quantitative estimate of drug-likeness (QED) is 0.220. The highest BCUT2D eigenvalue weighted by Crippen LogP contribution is 2.43. The van der Waals surface area contributed by atoms with Crippen LogP contribution in [0.1, 0.15) is 16.5 Å². The standard InChI is InChI=1S/C21H13FN2O5S/c22-13-3-1-4-15(11-13)23-18(16-5-2-10-30-16)17(20(26)21(23)27)19(25)12-6-8-14(9-7-12)24(28)29/h1-11,18,25H/b19-17-. The lowest BCUT2D eigenvalue weighted by molar-refractivity contribution is -0.384. The number of thiophene rings is 1. The Balaban J connectivity index is 1.89. The van der Waals surface area contributed by atoms with Gasteiger partial charge in [0.2, 0.25) is 0 Å². The summed E-state index contributed by atoms with van der Waals surface area (Å²) < 4.78 is 13.8. The molecule has 7 nitrogen and oxygen atoms in total. The zero-order valence-electron chi connectivity index (χ0n) is 15.2. The maximum atomic E-state index is 13.8. The van der Waals surface area contributed by atoms with E-state index in [1.54, 1.807) is 17.5 Å². The van der Waals surface area contributed by atoms with Crippen LogP contribution in [0.2, 0.25) is 0 Å². The lowest BCUT2D eigenvalue weighted by Gasteiger charge is -2.24. The van der Waals surface area contributed by atoms with Gasteiger partial charge in [-0.1, -0.05) is 12.1 Å². The molecular formula is C21H13FN2O5S. The Morgan fingerprint density at radius 2 is 1.83 bits per heavy atom. The van der Waals surface area contributed by atoms with E-state index >= 15 is 0 Å². The monoisotopic (exact) mass is 424 g/mol. The van der Waals surface area contributed by atoms with Crippen LogP contribution in [-0.4, -0.2) is 21.7 Å². The molecule has 0 saturated carbocycles. The second kappa shape index (κ2) is 7.53. The highest BCUT2D eigenvalue weighted by molar-refractivity contribution is 7.10. The van der Waals surface area contributed by atoms with E-state index in [-0.39, 0.29) is 22.5 Å². The Kier molecular flexibility index (Phi) is 4.88. The molecule has 1 aromatic heterocycles. The predicted molar refractivity (Wildman–Crippen MR) is 109 cm³/mol. The first-order valence-corrected chi connectivity index (χ1v) is 9.61. The number of amides is 1. The molecule has 1 unspecified atom stereocenters. The van der Waals surface area contributed by atoms with E-state index in [4.69, 9.17) is 0 Å². The van der Waals surface area contributed by atoms with E-state index in [1.165, 1.54) is 53.8 Å². The van der Waals surface area contributed by atoms with Crippen molar-refractivity contribution in [2.75, 3.05) is 4.90 Å². The highest BCUT2D eigenvalue weighted by atomic mass is 32.1. The van der Waals surface area contributed by atoms with Crippen molar-refractivity contribution in [2.45, 2.75) is 6.04 Å². The molecule has 1 atom stereocenters. The SMILES string of the molecule is O=C1C(=O)N(c2cccc(F)c2)C(c2cccs2)/C1=C(/O)c1ccc([N+](=O)[O-])cc1. The summed E-state index contributed by atoms with van der Waals surface area (Å²) in [7, 11) is 0. The number of hydrogen-bond acceptors (Lipinski definition) is 6. The number of nitrogens with zero attached hydrogens (tertiary/aromatic N) is 2. The summed E-state index contributed by atoms with van der Waals surface area (Å²) in [4.78, 5) is 37.7. The number of nitro benzene ring substituents is 1. The average Bonchev–Trinajstić information content (AvgIpc) is 3.35. The minimum atomic E-state index is -0.956. The Morgan fingerprint density at radius 1 is 1.10 bits per heavy atom. The first kappa shape index (κ1) is 19.5. The topological polar surface area (TPSA) is 101 Å². The number of rotatable bonds is 4. The van der Waals surface area contributed by atoms with E-state index in [0.717, 1.165) is 11.0 Å². The second-order valence-corrected chi connectivity index (χ2v) is 7.45. The molecule has 0 aliphatic carbocycles. The van der Waals surface area contributed by atoms with Crippen molar-refractivity contribution in [3.63, 3.8) is 0 Å². The summed E-state index contributed by atoms with van der Waals surface area (Å²) in [6.45, 7) is 0. The third kappa shape index (κ3) is 3.25. The maximum absolute atomic E-state index is 13.8. The molecule has 150 valence electrons. The molecule has 0 bridgehead atoms. The summed E-state index contributed by atoms with van der Waals surface area (Å²) in [6, 6.07) is 12.7. The van der Waals surface area contributed by atoms with Gasteiger partial charge in [0.1, 0.15) is 17.6 Å². The lowest BCUT2D eigenvalue weighted by Crippen LogP contribution is -2.29. The van der Waals surface area contributed by atoms with Crippen molar-refractivity contribution >= 4 is 40.2 Å². The molecular weight excluding hydrogens is 411 g/mol. The molecule has 0 spiro atoms. The molecule has 1 fully saturated rings. The molecule has 9 heteroatoms. The van der Waals surface area contributed by atoms with Gasteiger partial charge in [-0.2, -0.15) is 0 Å². The van der Waals surface area contributed by atoms with E-state index in [2.05, 4.69) is 0 Å². The Bertz CT molecular complexity index is 1190. The average molecular weight is 424 g/mol. The van der Waals surface area contributed by atoms with Gasteiger partial charge < -0.3 is 5.11 Å². The van der Waals surface area contributed by atoms with Crippen molar-refractivity contribution in [2.24, 2.45) is 0 Å². The fourth-order valence-corrected chi connectivity index (χ4v) is 4.16. The summed E-state index contributed by atoms with van der Waals surface area (Å²) in [6.07, 6.45) is 0. The van der Waals surface area contributed by atoms with Crippen molar-refractivity contribution in [1.29, 1.82) is 0 Å². The fourth-order valence-electron chi connectivity index (χ4n) is 3.34. The molecule has 1 aliphatic rings. The number of nitro groups is 1. The normalized spacial score (nSPS) is 18.0. The summed E-state index contributed by atoms with van der Waals surface area (Å²) in [5.74, 6) is -2.86. The van der Waals surface area contributed by atoms with Gasteiger partial charge in [0, 0.05) is 28.3 Å². The molecule has 1 N–H and O–H groups in total. The van der Waals surface area contributed by atoms with Crippen molar-refractivity contribution in [3.8, 4) is 0 Å². The molecule has 1 aliphatic heterocycles. The number of carbonyl (C=O) groups is 2. The van der Waals surface area contributed by atoms with Gasteiger partial charge in [0.25, 0.3) is 17.4 Å². The number of benzene rings is 2. The summed E-state index contributed by atoms with van der Waals surface area (Å²) in [5.41, 5.74) is -0.0141. The van der Waals surface area contributed by atoms with Gasteiger partial charge >= 0.3 is 0 Å². The van der Waals surface area contributed by atoms with E-state index < -0.39 is 34.2 Å². The minimum absolute atomic E-state index is 0.152. The number of non-ortho nitro benzene ring substituents is 1. The third-order valence-corrected chi connectivity index (χ3v) is 5.62. The molecule has 2 aromatic carbocycles.